The van der Waals surface area contributed by atoms with E-state index in [0.29, 0.717) is 44.9 Å². The van der Waals surface area contributed by atoms with Crippen molar-refractivity contribution in [3.63, 3.8) is 0 Å². The Morgan fingerprint density at radius 3 is 2.69 bits per heavy atom. The Hall–Kier alpha value is -3.48. The first kappa shape index (κ1) is 27.8. The molecule has 0 fully saturated rings. The van der Waals surface area contributed by atoms with Crippen molar-refractivity contribution in [2.45, 2.75) is 27.7 Å². The Balaban J connectivity index is 0.00000103. The van der Waals surface area contributed by atoms with Crippen LogP contribution in [0.15, 0.2) is 58.2 Å². The molecule has 0 bridgehead atoms. The van der Waals surface area contributed by atoms with Gasteiger partial charge in [-0.3, -0.25) is 5.01 Å². The Labute approximate surface area is 217 Å². The van der Waals surface area contributed by atoms with Crippen LogP contribution >= 0.6 is 27.5 Å². The van der Waals surface area contributed by atoms with Crippen molar-refractivity contribution in [2.24, 2.45) is 5.10 Å². The number of rotatable bonds is 5. The van der Waals surface area contributed by atoms with Crippen LogP contribution in [0, 0.1) is 25.6 Å². The maximum absolute atomic E-state index is 15.1. The molecule has 0 radical (unpaired) electrons. The molecular formula is C25H25BrClFN6O. The summed E-state index contributed by atoms with van der Waals surface area (Å²) in [5, 5.41) is 9.18. The third-order valence-corrected chi connectivity index (χ3v) is 5.61. The standard InChI is InChI=1S/C21H17BrClFN6O.C2H6.C2H2/c1-3-27-30-8-6-13(7-9-30)31-17-5-4-15(18(24)12(17)2)28-21-19-16(25-11-26-21)10-14(22)20(23)29-19;2*1-2/h3-8,10-11H,9H2,1-2H3,(H,25,26,28);1-2H3;1-2H/b27-3-;;. The topological polar surface area (TPSA) is 75.5 Å². The molecule has 1 N–H and O–H groups in total. The molecule has 2 aromatic heterocycles. The predicted molar refractivity (Wildman–Crippen MR) is 144 cm³/mol. The van der Waals surface area contributed by atoms with E-state index in [-0.39, 0.29) is 10.8 Å². The van der Waals surface area contributed by atoms with Gasteiger partial charge in [-0.15, -0.1) is 12.8 Å². The van der Waals surface area contributed by atoms with Crippen LogP contribution in [0.25, 0.3) is 11.0 Å². The second-order valence-electron chi connectivity index (χ2n) is 6.55. The number of nitrogens with one attached hydrogen (secondary N) is 1. The van der Waals surface area contributed by atoms with E-state index in [1.54, 1.807) is 48.6 Å². The van der Waals surface area contributed by atoms with Gasteiger partial charge >= 0.3 is 0 Å². The summed E-state index contributed by atoms with van der Waals surface area (Å²) >= 11 is 9.43. The summed E-state index contributed by atoms with van der Waals surface area (Å²) in [5.41, 5.74) is 1.61. The smallest absolute Gasteiger partial charge is 0.160 e. The molecule has 1 aliphatic rings. The van der Waals surface area contributed by atoms with Crippen molar-refractivity contribution >= 4 is 56.3 Å². The highest BCUT2D eigenvalue weighted by Gasteiger charge is 2.16. The van der Waals surface area contributed by atoms with E-state index in [1.165, 1.54) is 6.33 Å². The van der Waals surface area contributed by atoms with Gasteiger partial charge in [0, 0.05) is 18.0 Å². The van der Waals surface area contributed by atoms with Gasteiger partial charge in [0.25, 0.3) is 0 Å². The molecular weight excluding hydrogens is 535 g/mol. The summed E-state index contributed by atoms with van der Waals surface area (Å²) < 4.78 is 21.6. The van der Waals surface area contributed by atoms with Crippen molar-refractivity contribution in [1.82, 2.24) is 20.0 Å². The Bertz CT molecular complexity index is 1290. The molecule has 0 unspecified atom stereocenters. The van der Waals surface area contributed by atoms with Gasteiger partial charge in [0.2, 0.25) is 0 Å². The molecule has 0 saturated heterocycles. The highest BCUT2D eigenvalue weighted by Crippen LogP contribution is 2.32. The molecule has 4 rings (SSSR count). The van der Waals surface area contributed by atoms with Crippen molar-refractivity contribution in [3.05, 3.63) is 69.6 Å². The number of aromatic nitrogens is 3. The minimum atomic E-state index is -0.454. The van der Waals surface area contributed by atoms with E-state index in [0.717, 1.165) is 0 Å². The lowest BCUT2D eigenvalue weighted by molar-refractivity contribution is 0.392. The number of benzene rings is 1. The van der Waals surface area contributed by atoms with Gasteiger partial charge in [0.05, 0.1) is 22.2 Å². The average Bonchev–Trinajstić information content (AvgIpc) is 2.88. The van der Waals surface area contributed by atoms with Crippen LogP contribution in [0.4, 0.5) is 15.9 Å². The maximum Gasteiger partial charge on any atom is 0.160 e. The van der Waals surface area contributed by atoms with Crippen LogP contribution in [-0.2, 0) is 0 Å². The number of allylic oxidation sites excluding steroid dienone is 1. The van der Waals surface area contributed by atoms with Crippen LogP contribution in [0.2, 0.25) is 5.15 Å². The fourth-order valence-electron chi connectivity index (χ4n) is 2.94. The monoisotopic (exact) mass is 558 g/mol. The van der Waals surface area contributed by atoms with Crippen molar-refractivity contribution < 1.29 is 9.13 Å². The number of hydrogen-bond acceptors (Lipinski definition) is 7. The zero-order valence-electron chi connectivity index (χ0n) is 19.8. The lowest BCUT2D eigenvalue weighted by Gasteiger charge is -2.18. The Morgan fingerprint density at radius 2 is 2.03 bits per heavy atom. The summed E-state index contributed by atoms with van der Waals surface area (Å²) in [7, 11) is 0. The molecule has 35 heavy (non-hydrogen) atoms. The largest absolute Gasteiger partial charge is 0.457 e. The summed E-state index contributed by atoms with van der Waals surface area (Å²) in [6, 6.07) is 5.02. The number of halogens is 3. The first-order valence-corrected chi connectivity index (χ1v) is 11.8. The van der Waals surface area contributed by atoms with Crippen LogP contribution in [-0.4, -0.2) is 32.7 Å². The van der Waals surface area contributed by atoms with E-state index in [4.69, 9.17) is 16.3 Å². The Morgan fingerprint density at radius 1 is 1.29 bits per heavy atom. The SMILES string of the molecule is C#C.C/C=N\N1C=CC(Oc2ccc(Nc3ncnc4cc(Br)c(Cl)nc34)c(F)c2C)=CC1.CC. The van der Waals surface area contributed by atoms with E-state index in [2.05, 4.69) is 54.1 Å². The van der Waals surface area contributed by atoms with E-state index in [9.17, 15) is 0 Å². The lowest BCUT2D eigenvalue weighted by Crippen LogP contribution is -2.15. The number of ether oxygens (including phenoxy) is 1. The minimum absolute atomic E-state index is 0.238. The third kappa shape index (κ3) is 6.78. The van der Waals surface area contributed by atoms with Gasteiger partial charge in [-0.1, -0.05) is 25.4 Å². The van der Waals surface area contributed by atoms with Gasteiger partial charge in [-0.2, -0.15) is 5.10 Å². The molecule has 0 spiro atoms. The Kier molecular flexibility index (Phi) is 10.6. The number of nitrogens with zero attached hydrogens (tertiary/aromatic N) is 5. The molecule has 10 heteroatoms. The second kappa shape index (κ2) is 13.4. The molecule has 3 heterocycles. The first-order chi connectivity index (χ1) is 17.0. The molecule has 182 valence electrons. The van der Waals surface area contributed by atoms with Crippen LogP contribution in [0.1, 0.15) is 26.3 Å². The third-order valence-electron chi connectivity index (χ3n) is 4.49. The number of fused-ring (bicyclic) bond motifs is 1. The average molecular weight is 560 g/mol. The fraction of sp³-hybridized carbons (Fsp3) is 0.200. The predicted octanol–water partition coefficient (Wildman–Crippen LogP) is 7.01. The number of anilines is 2. The van der Waals surface area contributed by atoms with Crippen LogP contribution in [0.5, 0.6) is 5.75 Å². The lowest BCUT2D eigenvalue weighted by atomic mass is 10.1. The van der Waals surface area contributed by atoms with E-state index >= 15 is 4.39 Å². The maximum atomic E-state index is 15.1. The quantitative estimate of drug-likeness (QED) is 0.206. The summed E-state index contributed by atoms with van der Waals surface area (Å²) in [6.07, 6.45) is 16.5. The summed E-state index contributed by atoms with van der Waals surface area (Å²) in [4.78, 5) is 12.7. The minimum Gasteiger partial charge on any atom is -0.457 e. The van der Waals surface area contributed by atoms with Crippen molar-refractivity contribution in [1.29, 1.82) is 0 Å². The second-order valence-corrected chi connectivity index (χ2v) is 7.76. The molecule has 0 atom stereocenters. The van der Waals surface area contributed by atoms with Gasteiger partial charge in [-0.05, 0) is 60.1 Å². The molecule has 0 saturated carbocycles. The van der Waals surface area contributed by atoms with Gasteiger partial charge in [-0.25, -0.2) is 19.3 Å². The molecule has 0 amide bonds. The fourth-order valence-corrected chi connectivity index (χ4v) is 3.39. The number of hydrazone groups is 1. The first-order valence-electron chi connectivity index (χ1n) is 10.6. The van der Waals surface area contributed by atoms with Gasteiger partial charge in [0.15, 0.2) is 11.6 Å². The number of terminal acetylenes is 1. The highest BCUT2D eigenvalue weighted by atomic mass is 79.9. The number of hydrogen-bond donors (Lipinski definition) is 1. The van der Waals surface area contributed by atoms with Crippen molar-refractivity contribution in [3.8, 4) is 18.6 Å². The molecule has 1 aromatic carbocycles. The van der Waals surface area contributed by atoms with Crippen LogP contribution < -0.4 is 10.1 Å². The molecule has 0 aliphatic carbocycles. The molecule has 1 aliphatic heterocycles. The summed E-state index contributed by atoms with van der Waals surface area (Å²) in [5.74, 6) is 0.937. The van der Waals surface area contributed by atoms with Gasteiger partial charge < -0.3 is 10.1 Å². The van der Waals surface area contributed by atoms with Crippen LogP contribution in [0.3, 0.4) is 0 Å². The zero-order valence-corrected chi connectivity index (χ0v) is 22.1. The zero-order chi connectivity index (χ0) is 26.0. The summed E-state index contributed by atoms with van der Waals surface area (Å²) in [6.45, 7) is 8.07. The van der Waals surface area contributed by atoms with Crippen molar-refractivity contribution in [2.75, 3.05) is 11.9 Å². The number of pyridine rings is 1. The highest BCUT2D eigenvalue weighted by molar-refractivity contribution is 9.10. The molecule has 3 aromatic rings. The normalized spacial score (nSPS) is 12.4. The van der Waals surface area contributed by atoms with E-state index in [1.807, 2.05) is 26.8 Å². The molecule has 7 nitrogen and oxygen atoms in total. The van der Waals surface area contributed by atoms with Gasteiger partial charge in [0.1, 0.15) is 28.5 Å². The van der Waals surface area contributed by atoms with E-state index < -0.39 is 5.82 Å².